The Hall–Kier alpha value is -1.00. The predicted molar refractivity (Wildman–Crippen MR) is 56.4 cm³/mol. The molecule has 1 aromatic rings. The highest BCUT2D eigenvalue weighted by atomic mass is 19.1. The van der Waals surface area contributed by atoms with Crippen LogP contribution in [0.1, 0.15) is 18.4 Å². The molecule has 0 aliphatic carbocycles. The Morgan fingerprint density at radius 3 is 2.67 bits per heavy atom. The summed E-state index contributed by atoms with van der Waals surface area (Å²) in [7, 11) is 0. The van der Waals surface area contributed by atoms with Crippen LogP contribution >= 0.6 is 0 Å². The molecule has 1 rings (SSSR count). The number of rotatable bonds is 6. The maximum absolute atomic E-state index is 13.1. The van der Waals surface area contributed by atoms with Crippen molar-refractivity contribution in [2.45, 2.75) is 19.4 Å². The first-order chi connectivity index (χ1) is 7.24. The number of nitrogens with one attached hydrogen (secondary N) is 1. The molecule has 0 radical (unpaired) electrons. The summed E-state index contributed by atoms with van der Waals surface area (Å²) in [5.41, 5.74) is 5.82. The van der Waals surface area contributed by atoms with Crippen molar-refractivity contribution in [2.75, 3.05) is 13.1 Å². The maximum Gasteiger partial charge on any atom is 0.130 e. The highest BCUT2D eigenvalue weighted by Gasteiger charge is 2.02. The molecule has 4 heteroatoms. The van der Waals surface area contributed by atoms with Crippen LogP contribution in [0, 0.1) is 11.6 Å². The van der Waals surface area contributed by atoms with E-state index in [0.717, 1.165) is 25.5 Å². The molecule has 0 bridgehead atoms. The Labute approximate surface area is 88.5 Å². The van der Waals surface area contributed by atoms with Crippen LogP contribution in [-0.2, 0) is 6.54 Å². The predicted octanol–water partition coefficient (Wildman–Crippen LogP) is 1.79. The summed E-state index contributed by atoms with van der Waals surface area (Å²) in [6, 6.07) is 3.62. The first-order valence-corrected chi connectivity index (χ1v) is 5.08. The van der Waals surface area contributed by atoms with Crippen LogP contribution in [0.2, 0.25) is 0 Å². The molecule has 1 aromatic carbocycles. The number of hydrogen-bond acceptors (Lipinski definition) is 2. The van der Waals surface area contributed by atoms with Crippen molar-refractivity contribution in [3.63, 3.8) is 0 Å². The first kappa shape index (κ1) is 12.1. The van der Waals surface area contributed by atoms with Gasteiger partial charge in [-0.2, -0.15) is 0 Å². The van der Waals surface area contributed by atoms with E-state index in [1.165, 1.54) is 12.1 Å². The number of benzene rings is 1. The SMILES string of the molecule is NCCCCNCc1ccc(F)cc1F. The van der Waals surface area contributed by atoms with Gasteiger partial charge in [-0.15, -0.1) is 0 Å². The van der Waals surface area contributed by atoms with Crippen molar-refractivity contribution in [3.8, 4) is 0 Å². The summed E-state index contributed by atoms with van der Waals surface area (Å²) >= 11 is 0. The van der Waals surface area contributed by atoms with Gasteiger partial charge >= 0.3 is 0 Å². The van der Waals surface area contributed by atoms with Crippen LogP contribution in [0.15, 0.2) is 18.2 Å². The molecular formula is C11H16F2N2. The number of unbranched alkanes of at least 4 members (excludes halogenated alkanes) is 1. The average molecular weight is 214 g/mol. The van der Waals surface area contributed by atoms with E-state index in [9.17, 15) is 8.78 Å². The lowest BCUT2D eigenvalue weighted by atomic mass is 10.2. The number of halogens is 2. The Kier molecular flexibility index (Phi) is 5.21. The molecule has 0 aromatic heterocycles. The van der Waals surface area contributed by atoms with Crippen molar-refractivity contribution in [1.29, 1.82) is 0 Å². The summed E-state index contributed by atoms with van der Waals surface area (Å²) in [6.07, 6.45) is 1.93. The smallest absolute Gasteiger partial charge is 0.130 e. The van der Waals surface area contributed by atoms with Gasteiger partial charge < -0.3 is 11.1 Å². The molecule has 0 unspecified atom stereocenters. The minimum Gasteiger partial charge on any atom is -0.330 e. The van der Waals surface area contributed by atoms with Crippen LogP contribution < -0.4 is 11.1 Å². The van der Waals surface area contributed by atoms with Crippen molar-refractivity contribution < 1.29 is 8.78 Å². The van der Waals surface area contributed by atoms with Crippen LogP contribution in [0.5, 0.6) is 0 Å². The fourth-order valence-corrected chi connectivity index (χ4v) is 1.28. The zero-order chi connectivity index (χ0) is 11.1. The molecule has 2 nitrogen and oxygen atoms in total. The molecule has 0 aliphatic rings. The monoisotopic (exact) mass is 214 g/mol. The van der Waals surface area contributed by atoms with Crippen LogP contribution in [0.3, 0.4) is 0 Å². The van der Waals surface area contributed by atoms with Gasteiger partial charge in [0.2, 0.25) is 0 Å². The highest BCUT2D eigenvalue weighted by molar-refractivity contribution is 5.18. The molecule has 0 fully saturated rings. The van der Waals surface area contributed by atoms with Gasteiger partial charge in [0.05, 0.1) is 0 Å². The van der Waals surface area contributed by atoms with Gasteiger partial charge in [-0.25, -0.2) is 8.78 Å². The van der Waals surface area contributed by atoms with Crippen molar-refractivity contribution in [1.82, 2.24) is 5.32 Å². The number of hydrogen-bond donors (Lipinski definition) is 2. The summed E-state index contributed by atoms with van der Waals surface area (Å²) in [6.45, 7) is 1.90. The van der Waals surface area contributed by atoms with E-state index in [1.807, 2.05) is 0 Å². The molecule has 0 heterocycles. The van der Waals surface area contributed by atoms with Crippen LogP contribution in [0.4, 0.5) is 8.78 Å². The molecule has 3 N–H and O–H groups in total. The van der Waals surface area contributed by atoms with Gasteiger partial charge in [-0.3, -0.25) is 0 Å². The van der Waals surface area contributed by atoms with E-state index in [0.29, 0.717) is 18.7 Å². The summed E-state index contributed by atoms with van der Waals surface area (Å²) in [4.78, 5) is 0. The van der Waals surface area contributed by atoms with Gasteiger partial charge in [-0.1, -0.05) is 6.07 Å². The minimum atomic E-state index is -0.542. The summed E-state index contributed by atoms with van der Waals surface area (Å²) < 4.78 is 25.7. The second kappa shape index (κ2) is 6.48. The third-order valence-corrected chi connectivity index (χ3v) is 2.14. The Morgan fingerprint density at radius 1 is 1.20 bits per heavy atom. The zero-order valence-corrected chi connectivity index (χ0v) is 8.60. The van der Waals surface area contributed by atoms with Gasteiger partial charge in [0.25, 0.3) is 0 Å². The Morgan fingerprint density at radius 2 is 2.00 bits per heavy atom. The van der Waals surface area contributed by atoms with Gasteiger partial charge in [0.1, 0.15) is 11.6 Å². The molecule has 0 saturated heterocycles. The highest BCUT2D eigenvalue weighted by Crippen LogP contribution is 2.08. The molecule has 0 aliphatic heterocycles. The molecule has 0 spiro atoms. The Bertz CT molecular complexity index is 303. The zero-order valence-electron chi connectivity index (χ0n) is 8.60. The Balaban J connectivity index is 2.31. The van der Waals surface area contributed by atoms with Gasteiger partial charge in [0, 0.05) is 18.2 Å². The second-order valence-electron chi connectivity index (χ2n) is 3.41. The third kappa shape index (κ3) is 4.36. The maximum atomic E-state index is 13.1. The van der Waals surface area contributed by atoms with E-state index in [-0.39, 0.29) is 0 Å². The lowest BCUT2D eigenvalue weighted by Crippen LogP contribution is -2.16. The van der Waals surface area contributed by atoms with Crippen LogP contribution in [-0.4, -0.2) is 13.1 Å². The fraction of sp³-hybridized carbons (Fsp3) is 0.455. The minimum absolute atomic E-state index is 0.427. The first-order valence-electron chi connectivity index (χ1n) is 5.08. The number of nitrogens with two attached hydrogens (primary N) is 1. The average Bonchev–Trinajstić information content (AvgIpc) is 2.20. The topological polar surface area (TPSA) is 38.0 Å². The summed E-state index contributed by atoms with van der Waals surface area (Å²) in [5, 5.41) is 3.08. The largest absolute Gasteiger partial charge is 0.330 e. The molecule has 84 valence electrons. The van der Waals surface area contributed by atoms with Crippen molar-refractivity contribution in [3.05, 3.63) is 35.4 Å². The van der Waals surface area contributed by atoms with Crippen molar-refractivity contribution >= 4 is 0 Å². The van der Waals surface area contributed by atoms with E-state index in [1.54, 1.807) is 0 Å². The normalized spacial score (nSPS) is 10.6. The van der Waals surface area contributed by atoms with E-state index < -0.39 is 11.6 Å². The quantitative estimate of drug-likeness (QED) is 0.708. The van der Waals surface area contributed by atoms with Crippen molar-refractivity contribution in [2.24, 2.45) is 5.73 Å². The van der Waals surface area contributed by atoms with E-state index >= 15 is 0 Å². The van der Waals surface area contributed by atoms with Gasteiger partial charge in [-0.05, 0) is 32.0 Å². The second-order valence-corrected chi connectivity index (χ2v) is 3.41. The molecule has 0 amide bonds. The molecule has 0 saturated carbocycles. The van der Waals surface area contributed by atoms with E-state index in [4.69, 9.17) is 5.73 Å². The van der Waals surface area contributed by atoms with E-state index in [2.05, 4.69) is 5.32 Å². The molecule has 15 heavy (non-hydrogen) atoms. The standard InChI is InChI=1S/C11H16F2N2/c12-10-4-3-9(11(13)7-10)8-15-6-2-1-5-14/h3-4,7,15H,1-2,5-6,8,14H2. The lowest BCUT2D eigenvalue weighted by molar-refractivity contribution is 0.555. The molecular weight excluding hydrogens is 198 g/mol. The van der Waals surface area contributed by atoms with Gasteiger partial charge in [0.15, 0.2) is 0 Å². The summed E-state index contributed by atoms with van der Waals surface area (Å²) in [5.74, 6) is -1.04. The fourth-order valence-electron chi connectivity index (χ4n) is 1.28. The lowest BCUT2D eigenvalue weighted by Gasteiger charge is -2.05. The van der Waals surface area contributed by atoms with Crippen LogP contribution in [0.25, 0.3) is 0 Å². The molecule has 0 atom stereocenters. The third-order valence-electron chi connectivity index (χ3n) is 2.14.